The number of carbonyl (C=O) groups is 3. The third-order valence-corrected chi connectivity index (χ3v) is 9.51. The van der Waals surface area contributed by atoms with Crippen molar-refractivity contribution in [2.75, 3.05) is 24.2 Å². The molecule has 4 rings (SSSR count). The normalized spacial score (nSPS) is 21.6. The second-order valence-electron chi connectivity index (χ2n) is 12.2. The molecular weight excluding hydrogens is 530 g/mol. The predicted molar refractivity (Wildman–Crippen MR) is 153 cm³/mol. The maximum Gasteiger partial charge on any atom is 0.325 e. The molecule has 0 radical (unpaired) electrons. The van der Waals surface area contributed by atoms with E-state index in [4.69, 9.17) is 5.11 Å². The zero-order chi connectivity index (χ0) is 29.3. The maximum absolute atomic E-state index is 13.9. The summed E-state index contributed by atoms with van der Waals surface area (Å²) in [5.74, 6) is -0.750. The molecular formula is C30H39N3O6S. The second-order valence-corrected chi connectivity index (χ2v) is 14.2. The number of carboxylic acids is 1. The first-order valence-electron chi connectivity index (χ1n) is 13.7. The van der Waals surface area contributed by atoms with Crippen LogP contribution in [0.5, 0.6) is 0 Å². The molecule has 1 aliphatic carbocycles. The average molecular weight is 570 g/mol. The Morgan fingerprint density at radius 3 is 2.15 bits per heavy atom. The molecule has 1 saturated heterocycles. The first-order chi connectivity index (χ1) is 18.7. The Hall–Kier alpha value is -3.40. The molecule has 9 nitrogen and oxygen atoms in total. The van der Waals surface area contributed by atoms with E-state index < -0.39 is 15.8 Å². The van der Waals surface area contributed by atoms with Crippen LogP contribution in [0.2, 0.25) is 0 Å². The highest BCUT2D eigenvalue weighted by Gasteiger charge is 2.52. The summed E-state index contributed by atoms with van der Waals surface area (Å²) in [6, 6.07) is 13.4. The summed E-state index contributed by atoms with van der Waals surface area (Å²) in [6.07, 6.45) is 4.81. The standard InChI is InChI=1S/C30H39N3O6S/c1-29(2,3)23-13-16-30(17-14-23)20-32(24-9-11-25(12-10-24)40(4,38)39)28(37)33(30)19-21-5-7-22(8-6-21)27(36)31-18-15-26(34)35/h5-12,23H,13-20H2,1-4H3,(H,31,36)(H,34,35). The largest absolute Gasteiger partial charge is 0.481 e. The molecule has 2 aliphatic rings. The number of carbonyl (C=O) groups excluding carboxylic acids is 2. The van der Waals surface area contributed by atoms with Crippen LogP contribution >= 0.6 is 0 Å². The number of urea groups is 1. The van der Waals surface area contributed by atoms with Crippen LogP contribution in [0.4, 0.5) is 10.5 Å². The lowest BCUT2D eigenvalue weighted by Crippen LogP contribution is -2.50. The van der Waals surface area contributed by atoms with Crippen LogP contribution in [0.15, 0.2) is 53.4 Å². The van der Waals surface area contributed by atoms with Gasteiger partial charge in [-0.2, -0.15) is 0 Å². The van der Waals surface area contributed by atoms with Crippen molar-refractivity contribution in [1.82, 2.24) is 10.2 Å². The minimum Gasteiger partial charge on any atom is -0.481 e. The molecule has 1 aliphatic heterocycles. The van der Waals surface area contributed by atoms with Crippen molar-refractivity contribution in [3.05, 3.63) is 59.7 Å². The van der Waals surface area contributed by atoms with Crippen molar-refractivity contribution in [3.63, 3.8) is 0 Å². The Morgan fingerprint density at radius 2 is 1.62 bits per heavy atom. The number of anilines is 1. The van der Waals surface area contributed by atoms with Gasteiger partial charge in [0.15, 0.2) is 9.84 Å². The smallest absolute Gasteiger partial charge is 0.325 e. The van der Waals surface area contributed by atoms with E-state index in [1.807, 2.05) is 17.0 Å². The number of carboxylic acid groups (broad SMARTS) is 1. The molecule has 1 saturated carbocycles. The minimum atomic E-state index is -3.34. The molecule has 0 unspecified atom stereocenters. The lowest BCUT2D eigenvalue weighted by molar-refractivity contribution is -0.136. The van der Waals surface area contributed by atoms with Crippen LogP contribution in [0.25, 0.3) is 0 Å². The van der Waals surface area contributed by atoms with Gasteiger partial charge in [-0.1, -0.05) is 32.9 Å². The van der Waals surface area contributed by atoms with E-state index in [1.165, 1.54) is 6.26 Å². The maximum atomic E-state index is 13.9. The number of nitrogens with one attached hydrogen (secondary N) is 1. The molecule has 216 valence electrons. The Kier molecular flexibility index (Phi) is 8.31. The number of amides is 3. The van der Waals surface area contributed by atoms with E-state index in [0.29, 0.717) is 30.3 Å². The first-order valence-corrected chi connectivity index (χ1v) is 15.6. The summed E-state index contributed by atoms with van der Waals surface area (Å²) >= 11 is 0. The Labute approximate surface area is 236 Å². The quantitative estimate of drug-likeness (QED) is 0.475. The molecule has 3 amide bonds. The highest BCUT2D eigenvalue weighted by molar-refractivity contribution is 7.90. The van der Waals surface area contributed by atoms with Gasteiger partial charge < -0.3 is 15.3 Å². The second kappa shape index (κ2) is 11.2. The Morgan fingerprint density at radius 1 is 1.02 bits per heavy atom. The highest BCUT2D eigenvalue weighted by Crippen LogP contribution is 2.47. The van der Waals surface area contributed by atoms with E-state index in [1.54, 1.807) is 41.3 Å². The average Bonchev–Trinajstić information content (AvgIpc) is 3.14. The summed E-state index contributed by atoms with van der Waals surface area (Å²) in [5.41, 5.74) is 1.83. The van der Waals surface area contributed by atoms with Crippen LogP contribution in [-0.4, -0.2) is 61.2 Å². The number of aliphatic carboxylic acids is 1. The van der Waals surface area contributed by atoms with Crippen molar-refractivity contribution in [3.8, 4) is 0 Å². The first kappa shape index (κ1) is 29.6. The molecule has 40 heavy (non-hydrogen) atoms. The summed E-state index contributed by atoms with van der Waals surface area (Å²) in [4.78, 5) is 40.9. The van der Waals surface area contributed by atoms with Gasteiger partial charge in [-0.25, -0.2) is 13.2 Å². The number of sulfone groups is 1. The fraction of sp³-hybridized carbons (Fsp3) is 0.500. The van der Waals surface area contributed by atoms with Crippen molar-refractivity contribution in [2.24, 2.45) is 11.3 Å². The number of hydrogen-bond acceptors (Lipinski definition) is 5. The summed E-state index contributed by atoms with van der Waals surface area (Å²) in [5, 5.41) is 11.4. The van der Waals surface area contributed by atoms with E-state index in [0.717, 1.165) is 31.2 Å². The number of nitrogens with zero attached hydrogens (tertiary/aromatic N) is 2. The number of rotatable bonds is 8. The third kappa shape index (κ3) is 6.49. The molecule has 10 heteroatoms. The molecule has 1 heterocycles. The molecule has 2 aromatic carbocycles. The van der Waals surface area contributed by atoms with E-state index in [9.17, 15) is 22.8 Å². The predicted octanol–water partition coefficient (Wildman–Crippen LogP) is 4.71. The fourth-order valence-electron chi connectivity index (χ4n) is 5.88. The zero-order valence-corrected chi connectivity index (χ0v) is 24.5. The van der Waals surface area contributed by atoms with Crippen molar-refractivity contribution in [1.29, 1.82) is 0 Å². The van der Waals surface area contributed by atoms with Gasteiger partial charge in [-0.05, 0) is 79.0 Å². The SMILES string of the molecule is CC(C)(C)C1CCC2(CC1)CN(c1ccc(S(C)(=O)=O)cc1)C(=O)N2Cc1ccc(C(=O)NCCC(=O)O)cc1. The molecule has 2 aromatic rings. The molecule has 0 atom stereocenters. The summed E-state index contributed by atoms with van der Waals surface area (Å²) in [6.45, 7) is 7.77. The van der Waals surface area contributed by atoms with E-state index >= 15 is 0 Å². The van der Waals surface area contributed by atoms with E-state index in [-0.39, 0.29) is 40.8 Å². The van der Waals surface area contributed by atoms with Gasteiger partial charge in [0.2, 0.25) is 0 Å². The Balaban J connectivity index is 1.56. The minimum absolute atomic E-state index is 0.0529. The lowest BCUT2D eigenvalue weighted by atomic mass is 9.67. The molecule has 2 fully saturated rings. The summed E-state index contributed by atoms with van der Waals surface area (Å²) in [7, 11) is -3.34. The molecule has 0 aromatic heterocycles. The lowest BCUT2D eigenvalue weighted by Gasteiger charge is -2.45. The van der Waals surface area contributed by atoms with Gasteiger partial charge in [0.1, 0.15) is 0 Å². The topological polar surface area (TPSA) is 124 Å². The van der Waals surface area contributed by atoms with Gasteiger partial charge in [0.25, 0.3) is 5.91 Å². The van der Waals surface area contributed by atoms with Gasteiger partial charge in [0.05, 0.1) is 23.4 Å². The van der Waals surface area contributed by atoms with Gasteiger partial charge in [-0.3, -0.25) is 14.5 Å². The van der Waals surface area contributed by atoms with Gasteiger partial charge in [-0.15, -0.1) is 0 Å². The van der Waals surface area contributed by atoms with Crippen LogP contribution < -0.4 is 10.2 Å². The number of benzene rings is 2. The van der Waals surface area contributed by atoms with Crippen molar-refractivity contribution < 1.29 is 27.9 Å². The van der Waals surface area contributed by atoms with Gasteiger partial charge >= 0.3 is 12.0 Å². The van der Waals surface area contributed by atoms with Crippen LogP contribution in [0.3, 0.4) is 0 Å². The fourth-order valence-corrected chi connectivity index (χ4v) is 6.52. The molecule has 2 N–H and O–H groups in total. The number of hydrogen-bond donors (Lipinski definition) is 2. The Bertz CT molecular complexity index is 1360. The van der Waals surface area contributed by atoms with Crippen LogP contribution in [-0.2, 0) is 21.2 Å². The molecule has 1 spiro atoms. The van der Waals surface area contributed by atoms with Crippen LogP contribution in [0.1, 0.15) is 68.8 Å². The highest BCUT2D eigenvalue weighted by atomic mass is 32.2. The monoisotopic (exact) mass is 569 g/mol. The third-order valence-electron chi connectivity index (χ3n) is 8.39. The van der Waals surface area contributed by atoms with E-state index in [2.05, 4.69) is 26.1 Å². The zero-order valence-electron chi connectivity index (χ0n) is 23.6. The van der Waals surface area contributed by atoms with Crippen LogP contribution in [0, 0.1) is 11.3 Å². The van der Waals surface area contributed by atoms with Crippen molar-refractivity contribution >= 4 is 33.4 Å². The summed E-state index contributed by atoms with van der Waals surface area (Å²) < 4.78 is 23.9. The van der Waals surface area contributed by atoms with Crippen molar-refractivity contribution in [2.45, 2.75) is 69.9 Å². The van der Waals surface area contributed by atoms with Gasteiger partial charge in [0, 0.05) is 30.6 Å². The molecule has 0 bridgehead atoms.